The number of benzene rings is 1. The summed E-state index contributed by atoms with van der Waals surface area (Å²) in [6.07, 6.45) is -5.02. The first-order valence-electron chi connectivity index (χ1n) is 6.99. The summed E-state index contributed by atoms with van der Waals surface area (Å²) in [4.78, 5) is 7.47. The molecule has 0 spiro atoms. The van der Waals surface area contributed by atoms with Gasteiger partial charge in [-0.15, -0.1) is 0 Å². The number of alkyl halides is 3. The summed E-state index contributed by atoms with van der Waals surface area (Å²) in [5.74, 6) is -0.561. The Kier molecular flexibility index (Phi) is 6.28. The number of nitrogens with zero attached hydrogens (tertiary/aromatic N) is 2. The van der Waals surface area contributed by atoms with E-state index in [0.29, 0.717) is 16.9 Å². The Labute approximate surface area is 151 Å². The molecule has 0 radical (unpaired) electrons. The highest BCUT2D eigenvalue weighted by atomic mass is 35.5. The number of aromatic nitrogens is 2. The summed E-state index contributed by atoms with van der Waals surface area (Å²) >= 11 is 11.7. The molecule has 136 valence electrons. The Hall–Kier alpha value is -1.81. The number of anilines is 3. The van der Waals surface area contributed by atoms with Gasteiger partial charge < -0.3 is 21.5 Å². The van der Waals surface area contributed by atoms with Crippen molar-refractivity contribution in [1.29, 1.82) is 0 Å². The van der Waals surface area contributed by atoms with E-state index >= 15 is 0 Å². The van der Waals surface area contributed by atoms with Crippen LogP contribution in [0.2, 0.25) is 10.0 Å². The number of halogens is 5. The van der Waals surface area contributed by atoms with E-state index in [9.17, 15) is 18.3 Å². The molecule has 0 aliphatic carbocycles. The van der Waals surface area contributed by atoms with Crippen LogP contribution >= 0.6 is 23.2 Å². The van der Waals surface area contributed by atoms with Crippen molar-refractivity contribution < 1.29 is 18.3 Å². The van der Waals surface area contributed by atoms with Crippen molar-refractivity contribution in [2.24, 2.45) is 5.73 Å². The van der Waals surface area contributed by atoms with Crippen molar-refractivity contribution in [1.82, 2.24) is 9.97 Å². The molecule has 0 saturated carbocycles. The number of hydrogen-bond acceptors (Lipinski definition) is 6. The molecule has 2 rings (SSSR count). The van der Waals surface area contributed by atoms with Crippen LogP contribution in [0.5, 0.6) is 0 Å². The number of hydrogen-bond donors (Lipinski definition) is 4. The summed E-state index contributed by atoms with van der Waals surface area (Å²) in [6.45, 7) is -0.295. The summed E-state index contributed by atoms with van der Waals surface area (Å²) in [5, 5.41) is 15.2. The number of aliphatic hydroxyl groups excluding tert-OH is 1. The zero-order chi connectivity index (χ0) is 18.6. The van der Waals surface area contributed by atoms with Crippen LogP contribution in [0, 0.1) is 0 Å². The van der Waals surface area contributed by atoms with Crippen LogP contribution in [0.4, 0.5) is 30.6 Å². The fourth-order valence-corrected chi connectivity index (χ4v) is 2.08. The molecule has 2 aromatic rings. The topological polar surface area (TPSA) is 96.1 Å². The molecule has 0 aliphatic heterocycles. The normalized spacial score (nSPS) is 12.8. The van der Waals surface area contributed by atoms with E-state index in [2.05, 4.69) is 20.6 Å². The van der Waals surface area contributed by atoms with Gasteiger partial charge in [0.1, 0.15) is 11.4 Å². The number of rotatable bonds is 6. The van der Waals surface area contributed by atoms with Crippen LogP contribution < -0.4 is 16.4 Å². The quantitative estimate of drug-likeness (QED) is 0.599. The van der Waals surface area contributed by atoms with Gasteiger partial charge in [-0.1, -0.05) is 23.2 Å². The third-order valence-electron chi connectivity index (χ3n) is 3.05. The van der Waals surface area contributed by atoms with Crippen LogP contribution in [-0.4, -0.2) is 34.3 Å². The van der Waals surface area contributed by atoms with Gasteiger partial charge in [0.15, 0.2) is 0 Å². The second-order valence-electron chi connectivity index (χ2n) is 4.98. The fourth-order valence-electron chi connectivity index (χ4n) is 1.79. The van der Waals surface area contributed by atoms with E-state index in [1.165, 1.54) is 12.1 Å². The zero-order valence-electron chi connectivity index (χ0n) is 12.6. The molecule has 0 fully saturated rings. The van der Waals surface area contributed by atoms with Gasteiger partial charge in [-0.2, -0.15) is 18.2 Å². The lowest BCUT2D eigenvalue weighted by Gasteiger charge is -2.16. The second kappa shape index (κ2) is 8.05. The molecule has 0 bridgehead atoms. The smallest absolute Gasteiger partial charge is 0.390 e. The summed E-state index contributed by atoms with van der Waals surface area (Å²) in [7, 11) is 0. The first kappa shape index (κ1) is 19.5. The Balaban J connectivity index is 2.28. The van der Waals surface area contributed by atoms with Crippen molar-refractivity contribution in [2.75, 3.05) is 23.7 Å². The van der Waals surface area contributed by atoms with E-state index in [-0.39, 0.29) is 24.1 Å². The highest BCUT2D eigenvalue weighted by Crippen LogP contribution is 2.34. The average Bonchev–Trinajstić information content (AvgIpc) is 2.55. The molecule has 6 nitrogen and oxygen atoms in total. The molecule has 1 unspecified atom stereocenters. The summed E-state index contributed by atoms with van der Waals surface area (Å²) in [5.41, 5.74) is 4.63. The van der Waals surface area contributed by atoms with Gasteiger partial charge in [0, 0.05) is 25.0 Å². The third-order valence-corrected chi connectivity index (χ3v) is 3.79. The van der Waals surface area contributed by atoms with E-state index in [1.54, 1.807) is 6.07 Å². The van der Waals surface area contributed by atoms with Crippen molar-refractivity contribution in [3.05, 3.63) is 40.0 Å². The zero-order valence-corrected chi connectivity index (χ0v) is 14.1. The Morgan fingerprint density at radius 2 is 1.96 bits per heavy atom. The molecule has 1 heterocycles. The first-order chi connectivity index (χ1) is 11.7. The van der Waals surface area contributed by atoms with Crippen molar-refractivity contribution >= 4 is 40.7 Å². The van der Waals surface area contributed by atoms with Gasteiger partial charge in [-0.25, -0.2) is 4.98 Å². The molecule has 0 amide bonds. The lowest BCUT2D eigenvalue weighted by atomic mass is 10.2. The van der Waals surface area contributed by atoms with Gasteiger partial charge in [0.25, 0.3) is 0 Å². The van der Waals surface area contributed by atoms with Gasteiger partial charge >= 0.3 is 6.18 Å². The van der Waals surface area contributed by atoms with E-state index < -0.39 is 23.7 Å². The molecule has 0 aliphatic rings. The summed E-state index contributed by atoms with van der Waals surface area (Å²) < 4.78 is 39.2. The molecule has 0 saturated heterocycles. The molecular formula is C14H14Cl2F3N5O. The Morgan fingerprint density at radius 1 is 1.24 bits per heavy atom. The minimum atomic E-state index is -4.65. The van der Waals surface area contributed by atoms with E-state index in [1.807, 2.05) is 0 Å². The predicted molar refractivity (Wildman–Crippen MR) is 90.3 cm³/mol. The third kappa shape index (κ3) is 5.33. The van der Waals surface area contributed by atoms with Crippen LogP contribution in [-0.2, 0) is 6.18 Å². The van der Waals surface area contributed by atoms with Crippen LogP contribution in [0.1, 0.15) is 5.56 Å². The lowest BCUT2D eigenvalue weighted by molar-refractivity contribution is -0.137. The summed E-state index contributed by atoms with van der Waals surface area (Å²) in [6, 6.07) is 4.57. The van der Waals surface area contributed by atoms with E-state index in [0.717, 1.165) is 0 Å². The van der Waals surface area contributed by atoms with Crippen LogP contribution in [0.25, 0.3) is 0 Å². The van der Waals surface area contributed by atoms with Crippen LogP contribution in [0.3, 0.4) is 0 Å². The van der Waals surface area contributed by atoms with Gasteiger partial charge in [-0.3, -0.25) is 0 Å². The maximum atomic E-state index is 13.1. The van der Waals surface area contributed by atoms with Gasteiger partial charge in [-0.05, 0) is 18.2 Å². The molecule has 1 atom stereocenters. The lowest BCUT2D eigenvalue weighted by Crippen LogP contribution is -2.29. The van der Waals surface area contributed by atoms with Crippen molar-refractivity contribution in [3.63, 3.8) is 0 Å². The number of nitrogens with one attached hydrogen (secondary N) is 2. The molecule has 11 heteroatoms. The van der Waals surface area contributed by atoms with E-state index in [4.69, 9.17) is 28.9 Å². The fraction of sp³-hybridized carbons (Fsp3) is 0.286. The highest BCUT2D eigenvalue weighted by molar-refractivity contribution is 6.42. The first-order valence-corrected chi connectivity index (χ1v) is 7.74. The van der Waals surface area contributed by atoms with Crippen molar-refractivity contribution in [2.45, 2.75) is 12.3 Å². The number of nitrogens with two attached hydrogens (primary N) is 1. The number of aliphatic hydroxyl groups is 1. The predicted octanol–water partition coefficient (Wildman–Crippen LogP) is 3.28. The standard InChI is InChI=1S/C14H14Cl2F3N5O/c15-10-2-1-7(3-11(10)16)23-13-22-6-9(14(17,18)19)12(24-13)21-5-8(25)4-20/h1-3,6,8,25H,4-5,20H2,(H2,21,22,23,24). The average molecular weight is 396 g/mol. The largest absolute Gasteiger partial charge is 0.421 e. The highest BCUT2D eigenvalue weighted by Gasteiger charge is 2.35. The van der Waals surface area contributed by atoms with Gasteiger partial charge in [0.05, 0.1) is 16.1 Å². The Morgan fingerprint density at radius 3 is 2.56 bits per heavy atom. The minimum absolute atomic E-state index is 0.0869. The Bertz CT molecular complexity index is 745. The minimum Gasteiger partial charge on any atom is -0.390 e. The molecule has 1 aromatic heterocycles. The molecule has 5 N–H and O–H groups in total. The monoisotopic (exact) mass is 395 g/mol. The molecule has 25 heavy (non-hydrogen) atoms. The second-order valence-corrected chi connectivity index (χ2v) is 5.79. The van der Waals surface area contributed by atoms with Crippen LogP contribution in [0.15, 0.2) is 24.4 Å². The maximum absolute atomic E-state index is 13.1. The maximum Gasteiger partial charge on any atom is 0.421 e. The molecular weight excluding hydrogens is 382 g/mol. The molecule has 1 aromatic carbocycles. The van der Waals surface area contributed by atoms with Crippen molar-refractivity contribution in [3.8, 4) is 0 Å². The SMILES string of the molecule is NCC(O)CNc1nc(Nc2ccc(Cl)c(Cl)c2)ncc1C(F)(F)F. The van der Waals surface area contributed by atoms with Gasteiger partial charge in [0.2, 0.25) is 5.95 Å².